The molecule has 1 aromatic heterocycles. The lowest BCUT2D eigenvalue weighted by molar-refractivity contribution is -0.127. The number of rotatable bonds is 4. The van der Waals surface area contributed by atoms with E-state index in [4.69, 9.17) is 4.42 Å². The third-order valence-corrected chi connectivity index (χ3v) is 4.37. The molecule has 4 nitrogen and oxygen atoms in total. The monoisotopic (exact) mass is 311 g/mol. The zero-order valence-electron chi connectivity index (χ0n) is 13.0. The second-order valence-corrected chi connectivity index (χ2v) is 5.87. The summed E-state index contributed by atoms with van der Waals surface area (Å²) < 4.78 is 5.18. The van der Waals surface area contributed by atoms with E-state index in [1.165, 1.54) is 0 Å². The van der Waals surface area contributed by atoms with Gasteiger partial charge in [-0.3, -0.25) is 4.79 Å². The molecule has 1 fully saturated rings. The molecule has 1 unspecified atom stereocenters. The van der Waals surface area contributed by atoms with Crippen LogP contribution in [0.2, 0.25) is 0 Å². The molecule has 1 aliphatic rings. The Hall–Kier alpha value is -2.33. The number of furan rings is 1. The van der Waals surface area contributed by atoms with E-state index in [1.54, 1.807) is 24.5 Å². The maximum atomic E-state index is 12.2. The van der Waals surface area contributed by atoms with E-state index in [2.05, 4.69) is 0 Å². The predicted molar refractivity (Wildman–Crippen MR) is 88.4 cm³/mol. The standard InChI is InChI=1S/C19H21NO3/c21-18(9-8-17-7-4-14-23-17)20-12-10-16(11-13-20)19(22)15-5-2-1-3-6-15/h1-9,14,16,19,22H,10-13H2. The van der Waals surface area contributed by atoms with Crippen LogP contribution in [0.1, 0.15) is 30.3 Å². The first-order valence-electron chi connectivity index (χ1n) is 7.97. The Kier molecular flexibility index (Phi) is 4.93. The van der Waals surface area contributed by atoms with E-state index in [9.17, 15) is 9.90 Å². The van der Waals surface area contributed by atoms with Gasteiger partial charge in [-0.05, 0) is 42.5 Å². The van der Waals surface area contributed by atoms with Crippen molar-refractivity contribution >= 4 is 12.0 Å². The highest BCUT2D eigenvalue weighted by atomic mass is 16.3. The molecule has 23 heavy (non-hydrogen) atoms. The van der Waals surface area contributed by atoms with Crippen molar-refractivity contribution in [2.45, 2.75) is 18.9 Å². The third-order valence-electron chi connectivity index (χ3n) is 4.37. The van der Waals surface area contributed by atoms with Crippen molar-refractivity contribution in [3.63, 3.8) is 0 Å². The molecule has 1 atom stereocenters. The van der Waals surface area contributed by atoms with Gasteiger partial charge in [-0.2, -0.15) is 0 Å². The first-order valence-corrected chi connectivity index (χ1v) is 7.97. The van der Waals surface area contributed by atoms with Crippen LogP contribution in [0.25, 0.3) is 6.08 Å². The summed E-state index contributed by atoms with van der Waals surface area (Å²) in [5.74, 6) is 0.872. The zero-order chi connectivity index (χ0) is 16.1. The van der Waals surface area contributed by atoms with Crippen LogP contribution in [0.5, 0.6) is 0 Å². The van der Waals surface area contributed by atoms with Gasteiger partial charge in [-0.25, -0.2) is 0 Å². The van der Waals surface area contributed by atoms with E-state index in [0.29, 0.717) is 18.8 Å². The van der Waals surface area contributed by atoms with Crippen LogP contribution < -0.4 is 0 Å². The molecule has 0 saturated carbocycles. The Morgan fingerprint density at radius 2 is 1.91 bits per heavy atom. The summed E-state index contributed by atoms with van der Waals surface area (Å²) in [6.07, 6.45) is 6.00. The second kappa shape index (κ2) is 7.29. The molecule has 0 bridgehead atoms. The number of hydrogen-bond donors (Lipinski definition) is 1. The predicted octanol–water partition coefficient (Wildman–Crippen LogP) is 3.27. The minimum absolute atomic E-state index is 0.00551. The molecule has 1 saturated heterocycles. The summed E-state index contributed by atoms with van der Waals surface area (Å²) >= 11 is 0. The number of carbonyl (C=O) groups is 1. The Labute approximate surface area is 136 Å². The van der Waals surface area contributed by atoms with Gasteiger partial charge in [0.05, 0.1) is 12.4 Å². The van der Waals surface area contributed by atoms with E-state index in [-0.39, 0.29) is 11.8 Å². The molecule has 0 aliphatic carbocycles. The lowest BCUT2D eigenvalue weighted by Gasteiger charge is -2.33. The van der Waals surface area contributed by atoms with E-state index >= 15 is 0 Å². The molecule has 120 valence electrons. The number of carbonyl (C=O) groups excluding carboxylic acids is 1. The van der Waals surface area contributed by atoms with Crippen LogP contribution in [0.15, 0.2) is 59.2 Å². The molecule has 0 radical (unpaired) electrons. The average Bonchev–Trinajstić information content (AvgIpc) is 3.13. The first kappa shape index (κ1) is 15.6. The lowest BCUT2D eigenvalue weighted by Crippen LogP contribution is -2.38. The molecular weight excluding hydrogens is 290 g/mol. The SMILES string of the molecule is O=C(C=Cc1ccco1)N1CCC(C(O)c2ccccc2)CC1. The maximum absolute atomic E-state index is 12.2. The number of piperidine rings is 1. The summed E-state index contributed by atoms with van der Waals surface area (Å²) in [5.41, 5.74) is 0.954. The Bertz CT molecular complexity index is 641. The van der Waals surface area contributed by atoms with Crippen molar-refractivity contribution in [2.75, 3.05) is 13.1 Å². The minimum Gasteiger partial charge on any atom is -0.465 e. The maximum Gasteiger partial charge on any atom is 0.246 e. The van der Waals surface area contributed by atoms with E-state index < -0.39 is 6.10 Å². The van der Waals surface area contributed by atoms with Crippen molar-refractivity contribution in [1.82, 2.24) is 4.90 Å². The zero-order valence-corrected chi connectivity index (χ0v) is 13.0. The molecule has 1 amide bonds. The topological polar surface area (TPSA) is 53.7 Å². The molecule has 2 aromatic rings. The third kappa shape index (κ3) is 3.90. The van der Waals surface area contributed by atoms with Gasteiger partial charge in [0.1, 0.15) is 5.76 Å². The molecule has 1 aliphatic heterocycles. The summed E-state index contributed by atoms with van der Waals surface area (Å²) in [6.45, 7) is 1.35. The normalized spacial score (nSPS) is 17.5. The fraction of sp³-hybridized carbons (Fsp3) is 0.316. The van der Waals surface area contributed by atoms with Crippen molar-refractivity contribution in [1.29, 1.82) is 0 Å². The van der Waals surface area contributed by atoms with Gasteiger partial charge in [0.2, 0.25) is 5.91 Å². The van der Waals surface area contributed by atoms with Crippen molar-refractivity contribution in [3.8, 4) is 0 Å². The number of nitrogens with zero attached hydrogens (tertiary/aromatic N) is 1. The summed E-state index contributed by atoms with van der Waals surface area (Å²) in [4.78, 5) is 14.0. The van der Waals surface area contributed by atoms with Gasteiger partial charge in [0.25, 0.3) is 0 Å². The van der Waals surface area contributed by atoms with Crippen LogP contribution in [0.4, 0.5) is 0 Å². The fourth-order valence-corrected chi connectivity index (χ4v) is 3.00. The van der Waals surface area contributed by atoms with E-state index in [0.717, 1.165) is 18.4 Å². The number of amides is 1. The van der Waals surface area contributed by atoms with Crippen LogP contribution in [-0.2, 0) is 4.79 Å². The summed E-state index contributed by atoms with van der Waals surface area (Å²) in [7, 11) is 0. The highest BCUT2D eigenvalue weighted by Crippen LogP contribution is 2.30. The Morgan fingerprint density at radius 3 is 2.57 bits per heavy atom. The first-order chi connectivity index (χ1) is 11.2. The minimum atomic E-state index is -0.452. The highest BCUT2D eigenvalue weighted by molar-refractivity contribution is 5.91. The lowest BCUT2D eigenvalue weighted by atomic mass is 9.87. The molecule has 2 heterocycles. The highest BCUT2D eigenvalue weighted by Gasteiger charge is 2.27. The van der Waals surface area contributed by atoms with Gasteiger partial charge in [-0.1, -0.05) is 30.3 Å². The molecule has 1 aromatic carbocycles. The van der Waals surface area contributed by atoms with Crippen LogP contribution >= 0.6 is 0 Å². The quantitative estimate of drug-likeness (QED) is 0.882. The van der Waals surface area contributed by atoms with Gasteiger partial charge in [0.15, 0.2) is 0 Å². The Morgan fingerprint density at radius 1 is 1.17 bits per heavy atom. The van der Waals surface area contributed by atoms with E-state index in [1.807, 2.05) is 41.3 Å². The average molecular weight is 311 g/mol. The van der Waals surface area contributed by atoms with Crippen molar-refractivity contribution in [2.24, 2.45) is 5.92 Å². The largest absolute Gasteiger partial charge is 0.465 e. The molecule has 0 spiro atoms. The van der Waals surface area contributed by atoms with Gasteiger partial charge < -0.3 is 14.4 Å². The van der Waals surface area contributed by atoms with Gasteiger partial charge in [-0.15, -0.1) is 0 Å². The summed E-state index contributed by atoms with van der Waals surface area (Å²) in [6, 6.07) is 13.3. The second-order valence-electron chi connectivity index (χ2n) is 5.87. The van der Waals surface area contributed by atoms with Crippen LogP contribution in [0.3, 0.4) is 0 Å². The number of aliphatic hydroxyl groups excluding tert-OH is 1. The summed E-state index contributed by atoms with van der Waals surface area (Å²) in [5, 5.41) is 10.5. The molecule has 3 rings (SSSR count). The molecular formula is C19H21NO3. The van der Waals surface area contributed by atoms with Gasteiger partial charge >= 0.3 is 0 Å². The van der Waals surface area contributed by atoms with Crippen molar-refractivity contribution < 1.29 is 14.3 Å². The van der Waals surface area contributed by atoms with Crippen molar-refractivity contribution in [3.05, 3.63) is 66.1 Å². The smallest absolute Gasteiger partial charge is 0.246 e. The number of benzene rings is 1. The molecule has 1 N–H and O–H groups in total. The number of aliphatic hydroxyl groups is 1. The number of likely N-dealkylation sites (tertiary alicyclic amines) is 1. The molecule has 4 heteroatoms. The number of hydrogen-bond acceptors (Lipinski definition) is 3. The van der Waals surface area contributed by atoms with Crippen LogP contribution in [-0.4, -0.2) is 29.0 Å². The fourth-order valence-electron chi connectivity index (χ4n) is 3.00. The van der Waals surface area contributed by atoms with Gasteiger partial charge in [0, 0.05) is 19.2 Å². The van der Waals surface area contributed by atoms with Crippen LogP contribution in [0, 0.1) is 5.92 Å². The Balaban J connectivity index is 1.53.